The summed E-state index contributed by atoms with van der Waals surface area (Å²) in [7, 11) is -3.64. The Morgan fingerprint density at radius 1 is 1.19 bits per heavy atom. The highest BCUT2D eigenvalue weighted by atomic mass is 35.5. The van der Waals surface area contributed by atoms with Gasteiger partial charge in [-0.05, 0) is 43.3 Å². The first-order valence-electron chi connectivity index (χ1n) is 9.60. The molecule has 172 valence electrons. The Hall–Kier alpha value is -2.47. The molecule has 1 unspecified atom stereocenters. The largest absolute Gasteiger partial charge is 0.370 e. The molecule has 12 heteroatoms. The molecule has 1 saturated heterocycles. The van der Waals surface area contributed by atoms with Crippen molar-refractivity contribution >= 4 is 61.9 Å². The lowest BCUT2D eigenvalue weighted by atomic mass is 10.1. The van der Waals surface area contributed by atoms with Crippen LogP contribution in [0.4, 0.5) is 11.4 Å². The van der Waals surface area contributed by atoms with E-state index < -0.39 is 32.9 Å². The predicted octanol–water partition coefficient (Wildman–Crippen LogP) is 1.93. The van der Waals surface area contributed by atoms with Crippen LogP contribution in [0.1, 0.15) is 16.6 Å². The molecule has 0 bridgehead atoms. The van der Waals surface area contributed by atoms with Gasteiger partial charge in [-0.25, -0.2) is 8.42 Å². The van der Waals surface area contributed by atoms with Crippen molar-refractivity contribution in [3.8, 4) is 0 Å². The van der Waals surface area contributed by atoms with Crippen LogP contribution in [0.25, 0.3) is 0 Å². The zero-order chi connectivity index (χ0) is 23.5. The summed E-state index contributed by atoms with van der Waals surface area (Å²) in [5.74, 6) is -1.45. The maximum Gasteiger partial charge on any atom is 0.262 e. The van der Waals surface area contributed by atoms with Crippen molar-refractivity contribution in [3.05, 3.63) is 45.6 Å². The van der Waals surface area contributed by atoms with Crippen molar-refractivity contribution in [1.29, 1.82) is 0 Å². The molecule has 0 saturated carbocycles. The number of thiophene rings is 1. The predicted molar refractivity (Wildman–Crippen MR) is 123 cm³/mol. The molecular weight excluding hydrogens is 478 g/mol. The van der Waals surface area contributed by atoms with Crippen LogP contribution in [0.15, 0.2) is 36.4 Å². The normalized spacial score (nSPS) is 16.3. The second-order valence-electron chi connectivity index (χ2n) is 7.22. The summed E-state index contributed by atoms with van der Waals surface area (Å²) in [6, 6.07) is 8.22. The molecule has 0 radical (unpaired) electrons. The van der Waals surface area contributed by atoms with Crippen LogP contribution in [0, 0.1) is 0 Å². The monoisotopic (exact) mass is 499 g/mol. The number of hydrogen-bond acceptors (Lipinski definition) is 7. The maximum atomic E-state index is 12.9. The highest BCUT2D eigenvalue weighted by Gasteiger charge is 2.34. The lowest BCUT2D eigenvalue weighted by Gasteiger charge is -2.27. The number of nitrogens with zero attached hydrogens (tertiary/aromatic N) is 1. The van der Waals surface area contributed by atoms with E-state index in [2.05, 4.69) is 10.6 Å². The standard InChI is InChI=1S/C20H22ClN3O6S2/c1-12(32(2,28)29)18(23-19(26)15-7-8-16(21)31-15)20(27)22-13-3-5-14(6-4-13)24-9-10-30-11-17(24)25/h3-8,12,18H,9-11H2,1-2H3,(H,22,27)(H,23,26)/t12-,18?/m1/s1. The van der Waals surface area contributed by atoms with Crippen molar-refractivity contribution < 1.29 is 27.5 Å². The van der Waals surface area contributed by atoms with Crippen LogP contribution in [0.5, 0.6) is 0 Å². The molecule has 0 aliphatic carbocycles. The third-order valence-corrected chi connectivity index (χ3v) is 7.80. The minimum absolute atomic E-state index is 0.0126. The number of rotatable bonds is 7. The minimum Gasteiger partial charge on any atom is -0.370 e. The molecule has 2 N–H and O–H groups in total. The number of morpholine rings is 1. The number of anilines is 2. The molecule has 32 heavy (non-hydrogen) atoms. The summed E-state index contributed by atoms with van der Waals surface area (Å²) in [6.07, 6.45) is 1.00. The van der Waals surface area contributed by atoms with Gasteiger partial charge in [-0.1, -0.05) is 11.6 Å². The van der Waals surface area contributed by atoms with Crippen molar-refractivity contribution in [1.82, 2.24) is 5.32 Å². The van der Waals surface area contributed by atoms with E-state index in [0.717, 1.165) is 17.6 Å². The average Bonchev–Trinajstić information content (AvgIpc) is 3.18. The van der Waals surface area contributed by atoms with Gasteiger partial charge in [-0.2, -0.15) is 0 Å². The van der Waals surface area contributed by atoms with Crippen LogP contribution in [0.3, 0.4) is 0 Å². The number of sulfone groups is 1. The van der Waals surface area contributed by atoms with Gasteiger partial charge < -0.3 is 20.3 Å². The van der Waals surface area contributed by atoms with Gasteiger partial charge in [-0.3, -0.25) is 14.4 Å². The fourth-order valence-corrected chi connectivity index (χ4v) is 4.66. The van der Waals surface area contributed by atoms with E-state index in [9.17, 15) is 22.8 Å². The number of amides is 3. The second-order valence-corrected chi connectivity index (χ2v) is 11.3. The fourth-order valence-electron chi connectivity index (χ4n) is 3.03. The Balaban J connectivity index is 1.75. The van der Waals surface area contributed by atoms with E-state index in [1.165, 1.54) is 19.1 Å². The van der Waals surface area contributed by atoms with E-state index in [0.29, 0.717) is 28.9 Å². The smallest absolute Gasteiger partial charge is 0.262 e. The SMILES string of the molecule is C[C@H](C(NC(=O)c1ccc(Cl)s1)C(=O)Nc1ccc(N2CCOCC2=O)cc1)S(C)(=O)=O. The first-order chi connectivity index (χ1) is 15.1. The highest BCUT2D eigenvalue weighted by molar-refractivity contribution is 7.91. The van der Waals surface area contributed by atoms with Crippen molar-refractivity contribution in [2.24, 2.45) is 0 Å². The average molecular weight is 500 g/mol. The molecule has 1 aliphatic rings. The van der Waals surface area contributed by atoms with E-state index in [1.54, 1.807) is 29.2 Å². The van der Waals surface area contributed by atoms with Gasteiger partial charge in [0.05, 0.1) is 21.1 Å². The number of halogens is 1. The second kappa shape index (κ2) is 9.99. The Morgan fingerprint density at radius 2 is 1.88 bits per heavy atom. The summed E-state index contributed by atoms with van der Waals surface area (Å²) < 4.78 is 29.7. The van der Waals surface area contributed by atoms with Crippen molar-refractivity contribution in [2.75, 3.05) is 36.2 Å². The minimum atomic E-state index is -3.64. The molecule has 1 aliphatic heterocycles. The Kier molecular flexibility index (Phi) is 7.55. The molecule has 1 fully saturated rings. The number of carbonyl (C=O) groups is 3. The van der Waals surface area contributed by atoms with E-state index in [4.69, 9.17) is 16.3 Å². The van der Waals surface area contributed by atoms with E-state index in [-0.39, 0.29) is 17.4 Å². The molecular formula is C20H22ClN3O6S2. The first kappa shape index (κ1) is 24.2. The number of nitrogens with one attached hydrogen (secondary N) is 2. The summed E-state index contributed by atoms with van der Waals surface area (Å²) >= 11 is 6.87. The van der Waals surface area contributed by atoms with Crippen LogP contribution < -0.4 is 15.5 Å². The van der Waals surface area contributed by atoms with Crippen molar-refractivity contribution in [2.45, 2.75) is 18.2 Å². The van der Waals surface area contributed by atoms with E-state index in [1.807, 2.05) is 0 Å². The van der Waals surface area contributed by atoms with Gasteiger partial charge in [0.15, 0.2) is 9.84 Å². The maximum absolute atomic E-state index is 12.9. The van der Waals surface area contributed by atoms with Gasteiger partial charge in [-0.15, -0.1) is 11.3 Å². The van der Waals surface area contributed by atoms with Crippen LogP contribution >= 0.6 is 22.9 Å². The Morgan fingerprint density at radius 3 is 2.44 bits per heavy atom. The Bertz CT molecular complexity index is 1120. The molecule has 2 atom stereocenters. The summed E-state index contributed by atoms with van der Waals surface area (Å²) in [6.45, 7) is 2.23. The topological polar surface area (TPSA) is 122 Å². The molecule has 2 aromatic rings. The lowest BCUT2D eigenvalue weighted by molar-refractivity contribution is -0.125. The fraction of sp³-hybridized carbons (Fsp3) is 0.350. The van der Waals surface area contributed by atoms with Crippen LogP contribution in [-0.4, -0.2) is 63.4 Å². The third kappa shape index (κ3) is 5.85. The van der Waals surface area contributed by atoms with Gasteiger partial charge in [0.1, 0.15) is 12.6 Å². The van der Waals surface area contributed by atoms with Gasteiger partial charge in [0.25, 0.3) is 11.8 Å². The van der Waals surface area contributed by atoms with Gasteiger partial charge >= 0.3 is 0 Å². The highest BCUT2D eigenvalue weighted by Crippen LogP contribution is 2.22. The molecule has 1 aromatic carbocycles. The van der Waals surface area contributed by atoms with Crippen LogP contribution in [0.2, 0.25) is 4.34 Å². The molecule has 1 aromatic heterocycles. The number of benzene rings is 1. The lowest BCUT2D eigenvalue weighted by Crippen LogP contribution is -2.52. The molecule has 2 heterocycles. The zero-order valence-corrected chi connectivity index (χ0v) is 19.7. The van der Waals surface area contributed by atoms with Gasteiger partial charge in [0.2, 0.25) is 5.91 Å². The molecule has 9 nitrogen and oxygen atoms in total. The van der Waals surface area contributed by atoms with E-state index >= 15 is 0 Å². The zero-order valence-electron chi connectivity index (χ0n) is 17.3. The molecule has 3 rings (SSSR count). The number of ether oxygens (including phenoxy) is 1. The van der Waals surface area contributed by atoms with Crippen LogP contribution in [-0.2, 0) is 24.2 Å². The summed E-state index contributed by atoms with van der Waals surface area (Å²) in [4.78, 5) is 39.2. The third-order valence-electron chi connectivity index (χ3n) is 4.94. The quantitative estimate of drug-likeness (QED) is 0.600. The molecule has 0 spiro atoms. The Labute approximate surface area is 194 Å². The van der Waals surface area contributed by atoms with Gasteiger partial charge in [0, 0.05) is 24.2 Å². The molecule has 3 amide bonds. The first-order valence-corrected chi connectivity index (χ1v) is 12.8. The van der Waals surface area contributed by atoms with Crippen molar-refractivity contribution in [3.63, 3.8) is 0 Å². The summed E-state index contributed by atoms with van der Waals surface area (Å²) in [5, 5.41) is 3.95. The number of hydrogen-bond donors (Lipinski definition) is 2. The number of carbonyl (C=O) groups excluding carboxylic acids is 3. The summed E-state index contributed by atoms with van der Waals surface area (Å²) in [5.41, 5.74) is 1.04.